The molecule has 0 unspecified atom stereocenters. The fraction of sp³-hybridized carbons (Fsp3) is 0.429. The number of hydrogen-bond acceptors (Lipinski definition) is 5. The number of nitrogen functional groups attached to an aromatic ring is 1. The average Bonchev–Trinajstić information content (AvgIpc) is 2.44. The van der Waals surface area contributed by atoms with E-state index in [4.69, 9.17) is 5.73 Å². The van der Waals surface area contributed by atoms with E-state index in [0.717, 1.165) is 10.5 Å². The molecule has 1 rings (SSSR count). The number of esters is 1. The molecule has 6 heteroatoms. The summed E-state index contributed by atoms with van der Waals surface area (Å²) in [5, 5.41) is 2.77. The van der Waals surface area contributed by atoms with Gasteiger partial charge >= 0.3 is 5.97 Å². The van der Waals surface area contributed by atoms with Crippen LogP contribution in [0, 0.1) is 6.92 Å². The van der Waals surface area contributed by atoms with Gasteiger partial charge in [-0.15, -0.1) is 11.8 Å². The number of ether oxygens (including phenoxy) is 1. The third kappa shape index (κ3) is 5.97. The van der Waals surface area contributed by atoms with Crippen molar-refractivity contribution in [3.8, 4) is 0 Å². The Hall–Kier alpha value is -1.69. The van der Waals surface area contributed by atoms with Crippen LogP contribution in [0.25, 0.3) is 0 Å². The van der Waals surface area contributed by atoms with E-state index < -0.39 is 0 Å². The molecule has 0 aliphatic heterocycles. The Labute approximate surface area is 123 Å². The number of amides is 1. The van der Waals surface area contributed by atoms with Crippen molar-refractivity contribution in [3.63, 3.8) is 0 Å². The van der Waals surface area contributed by atoms with Crippen LogP contribution in [-0.2, 0) is 14.3 Å². The summed E-state index contributed by atoms with van der Waals surface area (Å²) < 4.78 is 4.52. The van der Waals surface area contributed by atoms with E-state index in [2.05, 4.69) is 10.1 Å². The van der Waals surface area contributed by atoms with E-state index in [1.165, 1.54) is 18.9 Å². The van der Waals surface area contributed by atoms with Crippen LogP contribution in [0.15, 0.2) is 23.1 Å². The van der Waals surface area contributed by atoms with Gasteiger partial charge < -0.3 is 15.8 Å². The molecule has 110 valence electrons. The first-order valence-corrected chi connectivity index (χ1v) is 7.34. The number of thioether (sulfide) groups is 1. The zero-order valence-corrected chi connectivity index (χ0v) is 12.6. The standard InChI is InChI=1S/C14H20N2O3S/c1-10-5-6-11(15)8-12(10)20-9-13(17)16-7-3-4-14(18)19-2/h5-6,8H,3-4,7,9,15H2,1-2H3,(H,16,17). The molecule has 0 fully saturated rings. The van der Waals surface area contributed by atoms with Crippen LogP contribution in [0.5, 0.6) is 0 Å². The summed E-state index contributed by atoms with van der Waals surface area (Å²) in [6, 6.07) is 5.64. The highest BCUT2D eigenvalue weighted by molar-refractivity contribution is 8.00. The molecule has 0 bridgehead atoms. The summed E-state index contributed by atoms with van der Waals surface area (Å²) >= 11 is 1.45. The van der Waals surface area contributed by atoms with Gasteiger partial charge in [0.2, 0.25) is 5.91 Å². The van der Waals surface area contributed by atoms with E-state index in [1.807, 2.05) is 25.1 Å². The summed E-state index contributed by atoms with van der Waals surface area (Å²) in [5.74, 6) is 0.0217. The number of methoxy groups -OCH3 is 1. The number of benzene rings is 1. The highest BCUT2D eigenvalue weighted by Crippen LogP contribution is 2.24. The molecule has 1 amide bonds. The van der Waals surface area contributed by atoms with Gasteiger partial charge in [0.1, 0.15) is 0 Å². The van der Waals surface area contributed by atoms with E-state index >= 15 is 0 Å². The first-order valence-electron chi connectivity index (χ1n) is 6.35. The van der Waals surface area contributed by atoms with Crippen molar-refractivity contribution in [3.05, 3.63) is 23.8 Å². The number of aryl methyl sites for hydroxylation is 1. The number of rotatable bonds is 7. The predicted molar refractivity (Wildman–Crippen MR) is 80.6 cm³/mol. The molecular weight excluding hydrogens is 276 g/mol. The van der Waals surface area contributed by atoms with Crippen molar-refractivity contribution in [2.75, 3.05) is 25.1 Å². The predicted octanol–water partition coefficient (Wildman–Crippen LogP) is 1.74. The second kappa shape index (κ2) is 8.47. The molecule has 0 saturated carbocycles. The molecule has 0 atom stereocenters. The summed E-state index contributed by atoms with van der Waals surface area (Å²) in [7, 11) is 1.35. The minimum absolute atomic E-state index is 0.0540. The zero-order valence-electron chi connectivity index (χ0n) is 11.8. The van der Waals surface area contributed by atoms with E-state index in [9.17, 15) is 9.59 Å². The molecule has 0 saturated heterocycles. The van der Waals surface area contributed by atoms with Gasteiger partial charge in [0.05, 0.1) is 12.9 Å². The molecule has 0 aromatic heterocycles. The topological polar surface area (TPSA) is 81.4 Å². The molecular formula is C14H20N2O3S. The molecule has 20 heavy (non-hydrogen) atoms. The quantitative estimate of drug-likeness (QED) is 0.347. The summed E-state index contributed by atoms with van der Waals surface area (Å²) in [6.45, 7) is 2.46. The number of nitrogens with one attached hydrogen (secondary N) is 1. The first-order chi connectivity index (χ1) is 9.52. The van der Waals surface area contributed by atoms with Gasteiger partial charge in [-0.3, -0.25) is 9.59 Å². The monoisotopic (exact) mass is 296 g/mol. The number of nitrogens with two attached hydrogens (primary N) is 1. The Kier molecular flexibility index (Phi) is 6.93. The van der Waals surface area contributed by atoms with Crippen molar-refractivity contribution in [1.29, 1.82) is 0 Å². The van der Waals surface area contributed by atoms with Gasteiger partial charge in [0, 0.05) is 23.5 Å². The third-order valence-electron chi connectivity index (χ3n) is 2.68. The normalized spacial score (nSPS) is 10.1. The third-order valence-corrected chi connectivity index (χ3v) is 3.84. The molecule has 0 spiro atoms. The molecule has 1 aromatic carbocycles. The minimum atomic E-state index is -0.260. The van der Waals surface area contributed by atoms with Gasteiger partial charge in [-0.05, 0) is 31.0 Å². The zero-order chi connectivity index (χ0) is 15.0. The van der Waals surface area contributed by atoms with Crippen LogP contribution in [0.3, 0.4) is 0 Å². The maximum atomic E-state index is 11.6. The molecule has 0 heterocycles. The summed E-state index contributed by atoms with van der Waals surface area (Å²) in [6.07, 6.45) is 0.901. The Morgan fingerprint density at radius 1 is 1.40 bits per heavy atom. The van der Waals surface area contributed by atoms with E-state index in [0.29, 0.717) is 30.8 Å². The van der Waals surface area contributed by atoms with Gasteiger partial charge in [-0.2, -0.15) is 0 Å². The van der Waals surface area contributed by atoms with Crippen molar-refractivity contribution < 1.29 is 14.3 Å². The van der Waals surface area contributed by atoms with Crippen LogP contribution in [-0.4, -0.2) is 31.3 Å². The number of carbonyl (C=O) groups is 2. The maximum absolute atomic E-state index is 11.6. The van der Waals surface area contributed by atoms with Crippen molar-refractivity contribution in [1.82, 2.24) is 5.32 Å². The minimum Gasteiger partial charge on any atom is -0.469 e. The molecule has 1 aromatic rings. The van der Waals surface area contributed by atoms with Crippen LogP contribution in [0.4, 0.5) is 5.69 Å². The lowest BCUT2D eigenvalue weighted by molar-refractivity contribution is -0.140. The Balaban J connectivity index is 2.26. The van der Waals surface area contributed by atoms with Crippen LogP contribution in [0.1, 0.15) is 18.4 Å². The van der Waals surface area contributed by atoms with E-state index in [-0.39, 0.29) is 11.9 Å². The Morgan fingerprint density at radius 3 is 2.85 bits per heavy atom. The molecule has 0 aliphatic rings. The smallest absolute Gasteiger partial charge is 0.305 e. The number of hydrogen-bond donors (Lipinski definition) is 2. The van der Waals surface area contributed by atoms with Gasteiger partial charge in [-0.25, -0.2) is 0 Å². The lowest BCUT2D eigenvalue weighted by atomic mass is 10.2. The number of carbonyl (C=O) groups excluding carboxylic acids is 2. The van der Waals surface area contributed by atoms with Gasteiger partial charge in [0.15, 0.2) is 0 Å². The van der Waals surface area contributed by atoms with Crippen molar-refractivity contribution in [2.24, 2.45) is 0 Å². The second-order valence-electron chi connectivity index (χ2n) is 4.34. The van der Waals surface area contributed by atoms with E-state index in [1.54, 1.807) is 0 Å². The first kappa shape index (κ1) is 16.4. The summed E-state index contributed by atoms with van der Waals surface area (Å²) in [4.78, 5) is 23.5. The average molecular weight is 296 g/mol. The fourth-order valence-corrected chi connectivity index (χ4v) is 2.43. The lowest BCUT2D eigenvalue weighted by Gasteiger charge is -2.07. The molecule has 3 N–H and O–H groups in total. The number of anilines is 1. The lowest BCUT2D eigenvalue weighted by Crippen LogP contribution is -2.26. The van der Waals surface area contributed by atoms with Crippen molar-refractivity contribution >= 4 is 29.3 Å². The van der Waals surface area contributed by atoms with Gasteiger partial charge in [0.25, 0.3) is 0 Å². The van der Waals surface area contributed by atoms with Crippen molar-refractivity contribution in [2.45, 2.75) is 24.7 Å². The second-order valence-corrected chi connectivity index (χ2v) is 5.36. The fourth-order valence-electron chi connectivity index (χ4n) is 1.53. The molecule has 5 nitrogen and oxygen atoms in total. The largest absolute Gasteiger partial charge is 0.469 e. The highest BCUT2D eigenvalue weighted by Gasteiger charge is 2.06. The summed E-state index contributed by atoms with van der Waals surface area (Å²) in [5.41, 5.74) is 7.51. The maximum Gasteiger partial charge on any atom is 0.305 e. The molecule has 0 aliphatic carbocycles. The Bertz CT molecular complexity index is 477. The molecule has 0 radical (unpaired) electrons. The van der Waals surface area contributed by atoms with Crippen LogP contribution in [0.2, 0.25) is 0 Å². The highest BCUT2D eigenvalue weighted by atomic mass is 32.2. The Morgan fingerprint density at radius 2 is 2.15 bits per heavy atom. The van der Waals surface area contributed by atoms with Crippen LogP contribution < -0.4 is 11.1 Å². The van der Waals surface area contributed by atoms with Crippen LogP contribution >= 0.6 is 11.8 Å². The SMILES string of the molecule is COC(=O)CCCNC(=O)CSc1cc(N)ccc1C. The van der Waals surface area contributed by atoms with Gasteiger partial charge in [-0.1, -0.05) is 6.07 Å².